The van der Waals surface area contributed by atoms with Crippen LogP contribution in [0, 0.1) is 12.7 Å². The first-order chi connectivity index (χ1) is 12.0. The largest absolute Gasteiger partial charge is 0.447 e. The highest BCUT2D eigenvalue weighted by Gasteiger charge is 2.36. The molecule has 2 N–H and O–H groups in total. The lowest BCUT2D eigenvalue weighted by Crippen LogP contribution is -2.47. The van der Waals surface area contributed by atoms with Gasteiger partial charge < -0.3 is 10.5 Å². The summed E-state index contributed by atoms with van der Waals surface area (Å²) in [5.74, 6) is -1.51. The van der Waals surface area contributed by atoms with Gasteiger partial charge >= 0.3 is 6.09 Å². The summed E-state index contributed by atoms with van der Waals surface area (Å²) in [6, 6.07) is 12.5. The molecule has 1 fully saturated rings. The van der Waals surface area contributed by atoms with Crippen LogP contribution in [0.4, 0.5) is 9.18 Å². The van der Waals surface area contributed by atoms with Gasteiger partial charge in [0.15, 0.2) is 0 Å². The van der Waals surface area contributed by atoms with Crippen molar-refractivity contribution in [2.45, 2.75) is 18.9 Å². The monoisotopic (exact) mass is 342 g/mol. The van der Waals surface area contributed by atoms with Crippen LogP contribution in [0.1, 0.15) is 22.6 Å². The number of carbonyl (C=O) groups excluding carboxylic acids is 2. The summed E-state index contributed by atoms with van der Waals surface area (Å²) in [6.45, 7) is 2.29. The zero-order valence-electron chi connectivity index (χ0n) is 13.8. The number of nitrogens with zero attached hydrogens (tertiary/aromatic N) is 1. The number of cyclic esters (lactones) is 1. The fourth-order valence-electron chi connectivity index (χ4n) is 3.00. The van der Waals surface area contributed by atoms with E-state index in [9.17, 15) is 14.0 Å². The third-order valence-corrected chi connectivity index (χ3v) is 4.32. The number of hydrogen-bond donors (Lipinski definition) is 1. The van der Waals surface area contributed by atoms with Gasteiger partial charge in [-0.2, -0.15) is 0 Å². The van der Waals surface area contributed by atoms with Crippen molar-refractivity contribution < 1.29 is 18.7 Å². The minimum atomic E-state index is -1.03. The summed E-state index contributed by atoms with van der Waals surface area (Å²) in [5, 5.41) is 0. The Morgan fingerprint density at radius 2 is 1.92 bits per heavy atom. The van der Waals surface area contributed by atoms with Crippen molar-refractivity contribution >= 4 is 12.0 Å². The van der Waals surface area contributed by atoms with Gasteiger partial charge in [0, 0.05) is 5.92 Å². The fraction of sp³-hybridized carbons (Fsp3) is 0.263. The Morgan fingerprint density at radius 3 is 2.52 bits per heavy atom. The first-order valence-corrected chi connectivity index (χ1v) is 8.03. The Balaban J connectivity index is 1.99. The van der Waals surface area contributed by atoms with Crippen LogP contribution >= 0.6 is 0 Å². The topological polar surface area (TPSA) is 72.6 Å². The van der Waals surface area contributed by atoms with Crippen molar-refractivity contribution in [3.05, 3.63) is 71.0 Å². The molecule has 6 heteroatoms. The molecular formula is C19H19FN2O3. The van der Waals surface area contributed by atoms with Crippen LogP contribution in [0.2, 0.25) is 0 Å². The molecule has 1 saturated heterocycles. The SMILES string of the molecule is Cc1ccc(C(c2cccc(F)c2)C(N)C(=O)N2CCOC2=O)cc1. The van der Waals surface area contributed by atoms with Crippen LogP contribution in [0.5, 0.6) is 0 Å². The molecule has 0 spiro atoms. The molecule has 0 radical (unpaired) electrons. The summed E-state index contributed by atoms with van der Waals surface area (Å²) in [6.07, 6.45) is -0.692. The van der Waals surface area contributed by atoms with Crippen molar-refractivity contribution in [2.24, 2.45) is 5.73 Å². The van der Waals surface area contributed by atoms with Crippen molar-refractivity contribution in [3.63, 3.8) is 0 Å². The minimum absolute atomic E-state index is 0.159. The summed E-state index contributed by atoms with van der Waals surface area (Å²) in [4.78, 5) is 25.4. The van der Waals surface area contributed by atoms with E-state index in [0.29, 0.717) is 5.56 Å². The molecule has 130 valence electrons. The lowest BCUT2D eigenvalue weighted by atomic mass is 9.84. The van der Waals surface area contributed by atoms with E-state index in [4.69, 9.17) is 10.5 Å². The number of carbonyl (C=O) groups is 2. The lowest BCUT2D eigenvalue weighted by molar-refractivity contribution is -0.129. The smallest absolute Gasteiger partial charge is 0.416 e. The number of aryl methyl sites for hydroxylation is 1. The molecule has 25 heavy (non-hydrogen) atoms. The Morgan fingerprint density at radius 1 is 1.20 bits per heavy atom. The van der Waals surface area contributed by atoms with Gasteiger partial charge in [-0.1, -0.05) is 42.0 Å². The van der Waals surface area contributed by atoms with Crippen molar-refractivity contribution in [3.8, 4) is 0 Å². The molecule has 1 heterocycles. The Labute approximate surface area is 145 Å². The minimum Gasteiger partial charge on any atom is -0.447 e. The van der Waals surface area contributed by atoms with Crippen LogP contribution < -0.4 is 5.73 Å². The summed E-state index contributed by atoms with van der Waals surface area (Å²) >= 11 is 0. The highest BCUT2D eigenvalue weighted by atomic mass is 19.1. The van der Waals surface area contributed by atoms with Gasteiger partial charge in [-0.05, 0) is 30.2 Å². The van der Waals surface area contributed by atoms with Crippen LogP contribution in [0.15, 0.2) is 48.5 Å². The Bertz CT molecular complexity index is 792. The lowest BCUT2D eigenvalue weighted by Gasteiger charge is -2.26. The Hall–Kier alpha value is -2.73. The Kier molecular flexibility index (Phi) is 4.81. The molecule has 2 aromatic carbocycles. The standard InChI is InChI=1S/C19H19FN2O3/c1-12-5-7-13(8-6-12)16(14-3-2-4-15(20)11-14)17(21)18(23)22-9-10-25-19(22)24/h2-8,11,16-17H,9-10,21H2,1H3. The third kappa shape index (κ3) is 3.53. The second-order valence-electron chi connectivity index (χ2n) is 6.07. The first kappa shape index (κ1) is 17.1. The van der Waals surface area contributed by atoms with Gasteiger partial charge in [-0.15, -0.1) is 0 Å². The molecule has 3 rings (SSSR count). The molecule has 2 amide bonds. The molecule has 5 nitrogen and oxygen atoms in total. The van der Waals surface area contributed by atoms with Crippen molar-refractivity contribution in [1.82, 2.24) is 4.90 Å². The quantitative estimate of drug-likeness (QED) is 0.927. The first-order valence-electron chi connectivity index (χ1n) is 8.03. The van der Waals surface area contributed by atoms with E-state index in [1.165, 1.54) is 12.1 Å². The maximum atomic E-state index is 13.7. The molecular weight excluding hydrogens is 323 g/mol. The van der Waals surface area contributed by atoms with E-state index in [0.717, 1.165) is 16.0 Å². The van der Waals surface area contributed by atoms with Gasteiger partial charge in [-0.25, -0.2) is 14.1 Å². The van der Waals surface area contributed by atoms with Crippen LogP contribution in [0.25, 0.3) is 0 Å². The number of amides is 2. The second kappa shape index (κ2) is 7.03. The normalized spacial score (nSPS) is 16.4. The van der Waals surface area contributed by atoms with E-state index in [2.05, 4.69) is 0 Å². The average Bonchev–Trinajstić information content (AvgIpc) is 3.02. The van der Waals surface area contributed by atoms with E-state index in [-0.39, 0.29) is 13.2 Å². The van der Waals surface area contributed by atoms with Gasteiger partial charge in [-0.3, -0.25) is 4.79 Å². The molecule has 0 bridgehead atoms. The number of imide groups is 1. The molecule has 1 aliphatic heterocycles. The molecule has 0 aromatic heterocycles. The highest BCUT2D eigenvalue weighted by Crippen LogP contribution is 2.29. The number of nitrogens with two attached hydrogens (primary N) is 1. The van der Waals surface area contributed by atoms with Crippen molar-refractivity contribution in [2.75, 3.05) is 13.2 Å². The molecule has 2 aromatic rings. The number of rotatable bonds is 4. The van der Waals surface area contributed by atoms with E-state index < -0.39 is 29.8 Å². The van der Waals surface area contributed by atoms with Gasteiger partial charge in [0.2, 0.25) is 5.91 Å². The summed E-state index contributed by atoms with van der Waals surface area (Å²) in [5.41, 5.74) is 8.66. The fourth-order valence-corrected chi connectivity index (χ4v) is 3.00. The number of hydrogen-bond acceptors (Lipinski definition) is 4. The third-order valence-electron chi connectivity index (χ3n) is 4.32. The van der Waals surface area contributed by atoms with E-state index >= 15 is 0 Å². The van der Waals surface area contributed by atoms with Gasteiger partial charge in [0.1, 0.15) is 12.4 Å². The second-order valence-corrected chi connectivity index (χ2v) is 6.07. The predicted octanol–water partition coefficient (Wildman–Crippen LogP) is 2.57. The average molecular weight is 342 g/mol. The maximum Gasteiger partial charge on any atom is 0.416 e. The highest BCUT2D eigenvalue weighted by molar-refractivity contribution is 5.96. The number of halogens is 1. The van der Waals surface area contributed by atoms with Crippen LogP contribution in [-0.4, -0.2) is 36.1 Å². The summed E-state index contributed by atoms with van der Waals surface area (Å²) < 4.78 is 18.5. The van der Waals surface area contributed by atoms with Crippen LogP contribution in [0.3, 0.4) is 0 Å². The molecule has 2 atom stereocenters. The maximum absolute atomic E-state index is 13.7. The van der Waals surface area contributed by atoms with Crippen molar-refractivity contribution in [1.29, 1.82) is 0 Å². The number of benzene rings is 2. The number of ether oxygens (including phenoxy) is 1. The predicted molar refractivity (Wildman–Crippen MR) is 90.5 cm³/mol. The summed E-state index contributed by atoms with van der Waals surface area (Å²) in [7, 11) is 0. The van der Waals surface area contributed by atoms with Gasteiger partial charge in [0.05, 0.1) is 12.6 Å². The molecule has 0 aliphatic carbocycles. The molecule has 0 saturated carbocycles. The zero-order valence-corrected chi connectivity index (χ0v) is 13.8. The zero-order chi connectivity index (χ0) is 18.0. The van der Waals surface area contributed by atoms with Gasteiger partial charge in [0.25, 0.3) is 0 Å². The molecule has 2 unspecified atom stereocenters. The van der Waals surface area contributed by atoms with E-state index in [1.807, 2.05) is 31.2 Å². The van der Waals surface area contributed by atoms with E-state index in [1.54, 1.807) is 12.1 Å². The molecule has 1 aliphatic rings. The van der Waals surface area contributed by atoms with Crippen LogP contribution in [-0.2, 0) is 9.53 Å².